The summed E-state index contributed by atoms with van der Waals surface area (Å²) in [5.74, 6) is 2.39. The monoisotopic (exact) mass is 375 g/mol. The molecule has 1 aromatic heterocycles. The molecule has 0 amide bonds. The van der Waals surface area contributed by atoms with Crippen molar-refractivity contribution in [3.63, 3.8) is 0 Å². The van der Waals surface area contributed by atoms with E-state index in [1.165, 1.54) is 25.7 Å². The third-order valence-corrected chi connectivity index (χ3v) is 6.38. The topological polar surface area (TPSA) is 39.2 Å². The summed E-state index contributed by atoms with van der Waals surface area (Å²) >= 11 is 3.42. The number of carbonyl (C=O) groups excluding carboxylic acids is 1. The molecule has 2 aliphatic carbocycles. The van der Waals surface area contributed by atoms with Gasteiger partial charge < -0.3 is 4.74 Å². The number of fused-ring (bicyclic) bond motifs is 3. The van der Waals surface area contributed by atoms with Crippen molar-refractivity contribution in [2.75, 3.05) is 0 Å². The van der Waals surface area contributed by atoms with Gasteiger partial charge in [0.2, 0.25) is 0 Å². The number of rotatable bonds is 2. The van der Waals surface area contributed by atoms with Crippen LogP contribution in [0.2, 0.25) is 0 Å². The summed E-state index contributed by atoms with van der Waals surface area (Å²) in [5, 5.41) is 0. The van der Waals surface area contributed by atoms with Gasteiger partial charge in [-0.3, -0.25) is 9.78 Å². The second-order valence-corrected chi connectivity index (χ2v) is 8.08. The van der Waals surface area contributed by atoms with Gasteiger partial charge in [0.1, 0.15) is 6.10 Å². The molecule has 0 unspecified atom stereocenters. The number of halogens is 1. The first-order valence-electron chi connectivity index (χ1n) is 8.70. The van der Waals surface area contributed by atoms with Gasteiger partial charge in [-0.05, 0) is 71.2 Å². The van der Waals surface area contributed by atoms with E-state index in [9.17, 15) is 4.79 Å². The predicted octanol–water partition coefficient (Wildman–Crippen LogP) is 4.62. The summed E-state index contributed by atoms with van der Waals surface area (Å²) in [4.78, 5) is 16.2. The largest absolute Gasteiger partial charge is 0.462 e. The summed E-state index contributed by atoms with van der Waals surface area (Å²) in [6, 6.07) is 4.05. The zero-order valence-corrected chi connectivity index (χ0v) is 14.7. The van der Waals surface area contributed by atoms with E-state index in [0.29, 0.717) is 30.1 Å². The summed E-state index contributed by atoms with van der Waals surface area (Å²) in [5.41, 5.74) is 0.992. The molecule has 0 radical (unpaired) electrons. The number of allylic oxidation sites excluding steroid dienone is 1. The molecule has 4 rings (SSSR count). The van der Waals surface area contributed by atoms with Crippen LogP contribution in [0.1, 0.15) is 44.2 Å². The molecule has 3 fully saturated rings. The molecular formula is C19H22BrNO2. The lowest BCUT2D eigenvalue weighted by Gasteiger charge is -2.45. The molecule has 0 spiro atoms. The summed E-state index contributed by atoms with van der Waals surface area (Å²) < 4.78 is 6.62. The van der Waals surface area contributed by atoms with E-state index >= 15 is 0 Å². The van der Waals surface area contributed by atoms with Crippen LogP contribution in [-0.2, 0) is 9.53 Å². The summed E-state index contributed by atoms with van der Waals surface area (Å²) in [6.07, 6.45) is 13.3. The van der Waals surface area contributed by atoms with E-state index in [0.717, 1.165) is 16.6 Å². The van der Waals surface area contributed by atoms with Gasteiger partial charge in [-0.1, -0.05) is 18.9 Å². The average molecular weight is 376 g/mol. The second-order valence-electron chi connectivity index (χ2n) is 7.17. The number of hydrogen-bond donors (Lipinski definition) is 0. The van der Waals surface area contributed by atoms with Gasteiger partial charge in [0.15, 0.2) is 0 Å². The highest BCUT2D eigenvalue weighted by molar-refractivity contribution is 9.10. The lowest BCUT2D eigenvalue weighted by molar-refractivity contribution is -0.143. The van der Waals surface area contributed by atoms with Crippen molar-refractivity contribution in [2.24, 2.45) is 23.7 Å². The molecule has 1 saturated heterocycles. The first-order valence-corrected chi connectivity index (χ1v) is 9.49. The number of esters is 1. The fraction of sp³-hybridized carbons (Fsp3) is 0.579. The molecule has 5 atom stereocenters. The molecule has 3 nitrogen and oxygen atoms in total. The number of aromatic nitrogens is 1. The van der Waals surface area contributed by atoms with Gasteiger partial charge in [-0.15, -0.1) is 0 Å². The molecule has 3 aliphatic rings. The highest BCUT2D eigenvalue weighted by Gasteiger charge is 2.49. The Morgan fingerprint density at radius 1 is 1.17 bits per heavy atom. The minimum atomic E-state index is 0.0172. The number of pyridine rings is 1. The highest BCUT2D eigenvalue weighted by atomic mass is 79.9. The van der Waals surface area contributed by atoms with Gasteiger partial charge in [0.05, 0.1) is 12.1 Å². The van der Waals surface area contributed by atoms with Gasteiger partial charge in [-0.2, -0.15) is 0 Å². The van der Waals surface area contributed by atoms with Crippen LogP contribution in [0.15, 0.2) is 28.9 Å². The maximum Gasteiger partial charge on any atom is 0.306 e. The van der Waals surface area contributed by atoms with Crippen molar-refractivity contribution >= 4 is 28.0 Å². The molecule has 0 aromatic carbocycles. The Morgan fingerprint density at radius 3 is 2.78 bits per heavy atom. The molecule has 1 aliphatic heterocycles. The molecule has 0 bridgehead atoms. The van der Waals surface area contributed by atoms with Gasteiger partial charge >= 0.3 is 5.97 Å². The van der Waals surface area contributed by atoms with Crippen molar-refractivity contribution in [3.05, 3.63) is 34.6 Å². The Labute approximate surface area is 145 Å². The highest BCUT2D eigenvalue weighted by Crippen LogP contribution is 2.51. The van der Waals surface area contributed by atoms with Crippen molar-refractivity contribution in [2.45, 2.75) is 44.6 Å². The van der Waals surface area contributed by atoms with Crippen molar-refractivity contribution in [1.29, 1.82) is 0 Å². The smallest absolute Gasteiger partial charge is 0.306 e. The fourth-order valence-corrected chi connectivity index (χ4v) is 5.14. The lowest BCUT2D eigenvalue weighted by atomic mass is 9.60. The van der Waals surface area contributed by atoms with Crippen LogP contribution in [0.5, 0.6) is 0 Å². The molecular weight excluding hydrogens is 354 g/mol. The molecule has 2 heterocycles. The van der Waals surface area contributed by atoms with Gasteiger partial charge in [-0.25, -0.2) is 0 Å². The standard InChI is InChI=1S/C19H22BrNO2/c20-13-6-8-14(21-11-13)7-5-12-9-18-17(10-19(22)23-18)16-4-2-1-3-15(12)16/h5-8,11-12,15-18H,1-4,9-10H2/b7-5+/t12-,15+,16-,17+,18-/m1/s1. The van der Waals surface area contributed by atoms with Crippen molar-refractivity contribution in [3.8, 4) is 0 Å². The Morgan fingerprint density at radius 2 is 2.00 bits per heavy atom. The summed E-state index contributed by atoms with van der Waals surface area (Å²) in [7, 11) is 0. The zero-order valence-electron chi connectivity index (χ0n) is 13.2. The van der Waals surface area contributed by atoms with Crippen LogP contribution in [0.3, 0.4) is 0 Å². The van der Waals surface area contributed by atoms with E-state index in [1.54, 1.807) is 0 Å². The van der Waals surface area contributed by atoms with E-state index in [4.69, 9.17) is 4.74 Å². The van der Waals surface area contributed by atoms with E-state index in [-0.39, 0.29) is 12.1 Å². The van der Waals surface area contributed by atoms with Gasteiger partial charge in [0, 0.05) is 16.6 Å². The first kappa shape index (κ1) is 15.4. The van der Waals surface area contributed by atoms with Crippen LogP contribution in [0.25, 0.3) is 6.08 Å². The molecule has 2 saturated carbocycles. The summed E-state index contributed by atoms with van der Waals surface area (Å²) in [6.45, 7) is 0. The third kappa shape index (κ3) is 3.10. The first-order chi connectivity index (χ1) is 11.2. The maximum absolute atomic E-state index is 11.7. The van der Waals surface area contributed by atoms with Gasteiger partial charge in [0.25, 0.3) is 0 Å². The van der Waals surface area contributed by atoms with Crippen LogP contribution in [-0.4, -0.2) is 17.1 Å². The zero-order chi connectivity index (χ0) is 15.8. The Balaban J connectivity index is 1.55. The molecule has 1 aromatic rings. The normalized spacial score (nSPS) is 36.6. The number of nitrogens with zero attached hydrogens (tertiary/aromatic N) is 1. The minimum absolute atomic E-state index is 0.0172. The minimum Gasteiger partial charge on any atom is -0.462 e. The molecule has 4 heteroatoms. The SMILES string of the molecule is O=C1C[C@H]2[C@@H]3CCCC[C@H]3[C@H](/C=C/c3ccc(Br)cn3)C[C@H]2O1. The van der Waals surface area contributed by atoms with Crippen LogP contribution in [0, 0.1) is 23.7 Å². The molecule has 23 heavy (non-hydrogen) atoms. The second kappa shape index (κ2) is 6.39. The van der Waals surface area contributed by atoms with E-state index < -0.39 is 0 Å². The Hall–Kier alpha value is -1.16. The lowest BCUT2D eigenvalue weighted by Crippen LogP contribution is -2.42. The van der Waals surface area contributed by atoms with Crippen molar-refractivity contribution in [1.82, 2.24) is 4.98 Å². The Kier molecular flexibility index (Phi) is 4.27. The molecule has 0 N–H and O–H groups in total. The molecule has 122 valence electrons. The van der Waals surface area contributed by atoms with Crippen molar-refractivity contribution < 1.29 is 9.53 Å². The Bertz CT molecular complexity index is 612. The third-order valence-electron chi connectivity index (χ3n) is 5.91. The number of hydrogen-bond acceptors (Lipinski definition) is 3. The maximum atomic E-state index is 11.7. The van der Waals surface area contributed by atoms with Crippen LogP contribution in [0.4, 0.5) is 0 Å². The van der Waals surface area contributed by atoms with E-state index in [1.807, 2.05) is 18.3 Å². The predicted molar refractivity (Wildman–Crippen MR) is 92.5 cm³/mol. The quantitative estimate of drug-likeness (QED) is 0.708. The fourth-order valence-electron chi connectivity index (χ4n) is 4.90. The van der Waals surface area contributed by atoms with Crippen LogP contribution >= 0.6 is 15.9 Å². The average Bonchev–Trinajstić information content (AvgIpc) is 2.94. The van der Waals surface area contributed by atoms with E-state index in [2.05, 4.69) is 33.1 Å². The number of ether oxygens (including phenoxy) is 1. The number of carbonyl (C=O) groups is 1. The van der Waals surface area contributed by atoms with Crippen LogP contribution < -0.4 is 0 Å².